The Morgan fingerprint density at radius 3 is 2.27 bits per heavy atom. The first kappa shape index (κ1) is 9.01. The van der Waals surface area contributed by atoms with Gasteiger partial charge in [-0.1, -0.05) is 20.8 Å². The van der Waals surface area contributed by atoms with Gasteiger partial charge in [0.05, 0.1) is 0 Å². The zero-order valence-electron chi connectivity index (χ0n) is 7.91. The lowest BCUT2D eigenvalue weighted by Crippen LogP contribution is -2.39. The highest BCUT2D eigenvalue weighted by Gasteiger charge is 2.37. The van der Waals surface area contributed by atoms with Crippen molar-refractivity contribution in [2.75, 3.05) is 13.1 Å². The molecule has 1 aliphatic rings. The average Bonchev–Trinajstić information content (AvgIpc) is 2.44. The molecule has 0 aliphatic heterocycles. The minimum absolute atomic E-state index is 0.158. The standard InChI is InChI=1S/C9H20N2/c1-8(2,3)6-11-7-9(10)4-5-9/h11H,4-7,10H2,1-3H3. The molecular weight excluding hydrogens is 136 g/mol. The maximum Gasteiger partial charge on any atom is 0.0282 e. The second-order valence-electron chi connectivity index (χ2n) is 5.03. The minimum atomic E-state index is 0.158. The van der Waals surface area contributed by atoms with Crippen LogP contribution in [0.25, 0.3) is 0 Å². The molecule has 0 radical (unpaired) electrons. The fourth-order valence-corrected chi connectivity index (χ4v) is 1.02. The van der Waals surface area contributed by atoms with Gasteiger partial charge < -0.3 is 11.1 Å². The predicted molar refractivity (Wildman–Crippen MR) is 48.5 cm³/mol. The van der Waals surface area contributed by atoms with Crippen LogP contribution in [0, 0.1) is 5.41 Å². The summed E-state index contributed by atoms with van der Waals surface area (Å²) in [5.74, 6) is 0. The summed E-state index contributed by atoms with van der Waals surface area (Å²) in [6.45, 7) is 8.75. The van der Waals surface area contributed by atoms with Gasteiger partial charge in [0, 0.05) is 18.6 Å². The van der Waals surface area contributed by atoms with Gasteiger partial charge in [-0.2, -0.15) is 0 Å². The zero-order chi connectivity index (χ0) is 8.54. The molecule has 3 N–H and O–H groups in total. The Hall–Kier alpha value is -0.0800. The highest BCUT2D eigenvalue weighted by Crippen LogP contribution is 2.31. The van der Waals surface area contributed by atoms with E-state index in [0.717, 1.165) is 13.1 Å². The Balaban J connectivity index is 2.05. The zero-order valence-corrected chi connectivity index (χ0v) is 7.91. The maximum absolute atomic E-state index is 5.91. The normalized spacial score (nSPS) is 21.8. The third kappa shape index (κ3) is 3.73. The summed E-state index contributed by atoms with van der Waals surface area (Å²) in [7, 11) is 0. The molecule has 0 spiro atoms. The van der Waals surface area contributed by atoms with Crippen LogP contribution in [0.2, 0.25) is 0 Å². The Kier molecular flexibility index (Phi) is 2.26. The Morgan fingerprint density at radius 2 is 1.91 bits per heavy atom. The fourth-order valence-electron chi connectivity index (χ4n) is 1.02. The van der Waals surface area contributed by atoms with Crippen LogP contribution in [0.15, 0.2) is 0 Å². The van der Waals surface area contributed by atoms with Crippen molar-refractivity contribution < 1.29 is 0 Å². The van der Waals surface area contributed by atoms with Crippen LogP contribution in [-0.4, -0.2) is 18.6 Å². The molecule has 0 unspecified atom stereocenters. The molecule has 1 aliphatic carbocycles. The van der Waals surface area contributed by atoms with Gasteiger partial charge in [-0.25, -0.2) is 0 Å². The Labute approximate surface area is 69.5 Å². The fraction of sp³-hybridized carbons (Fsp3) is 1.00. The van der Waals surface area contributed by atoms with Crippen molar-refractivity contribution in [1.29, 1.82) is 0 Å². The van der Waals surface area contributed by atoms with E-state index in [-0.39, 0.29) is 5.54 Å². The molecule has 0 atom stereocenters. The summed E-state index contributed by atoms with van der Waals surface area (Å²) in [6, 6.07) is 0. The largest absolute Gasteiger partial charge is 0.324 e. The molecule has 1 saturated carbocycles. The summed E-state index contributed by atoms with van der Waals surface area (Å²) in [5, 5.41) is 3.40. The molecular formula is C9H20N2. The van der Waals surface area contributed by atoms with Gasteiger partial charge in [0.2, 0.25) is 0 Å². The molecule has 0 aromatic carbocycles. The molecule has 0 saturated heterocycles. The van der Waals surface area contributed by atoms with Crippen LogP contribution in [0.5, 0.6) is 0 Å². The second-order valence-corrected chi connectivity index (χ2v) is 5.03. The van der Waals surface area contributed by atoms with Gasteiger partial charge >= 0.3 is 0 Å². The first-order valence-electron chi connectivity index (χ1n) is 4.41. The van der Waals surface area contributed by atoms with Crippen LogP contribution in [0.3, 0.4) is 0 Å². The third-order valence-corrected chi connectivity index (χ3v) is 2.02. The van der Waals surface area contributed by atoms with Crippen molar-refractivity contribution in [2.24, 2.45) is 11.1 Å². The SMILES string of the molecule is CC(C)(C)CNCC1(N)CC1. The molecule has 1 fully saturated rings. The van der Waals surface area contributed by atoms with E-state index in [1.165, 1.54) is 12.8 Å². The van der Waals surface area contributed by atoms with E-state index in [2.05, 4.69) is 26.1 Å². The van der Waals surface area contributed by atoms with Crippen LogP contribution in [0.4, 0.5) is 0 Å². The van der Waals surface area contributed by atoms with Crippen LogP contribution >= 0.6 is 0 Å². The van der Waals surface area contributed by atoms with E-state index < -0.39 is 0 Å². The summed E-state index contributed by atoms with van der Waals surface area (Å²) < 4.78 is 0. The van der Waals surface area contributed by atoms with Gasteiger partial charge in [-0.3, -0.25) is 0 Å². The summed E-state index contributed by atoms with van der Waals surface area (Å²) >= 11 is 0. The minimum Gasteiger partial charge on any atom is -0.324 e. The van der Waals surface area contributed by atoms with Gasteiger partial charge in [-0.15, -0.1) is 0 Å². The number of rotatable bonds is 3. The van der Waals surface area contributed by atoms with Crippen LogP contribution in [0.1, 0.15) is 33.6 Å². The molecule has 2 heteroatoms. The van der Waals surface area contributed by atoms with E-state index in [4.69, 9.17) is 5.73 Å². The van der Waals surface area contributed by atoms with Gasteiger partial charge in [0.15, 0.2) is 0 Å². The lowest BCUT2D eigenvalue weighted by atomic mass is 9.97. The molecule has 66 valence electrons. The number of nitrogens with two attached hydrogens (primary N) is 1. The molecule has 0 amide bonds. The summed E-state index contributed by atoms with van der Waals surface area (Å²) in [4.78, 5) is 0. The van der Waals surface area contributed by atoms with Crippen molar-refractivity contribution in [3.05, 3.63) is 0 Å². The second kappa shape index (κ2) is 2.76. The van der Waals surface area contributed by atoms with Crippen molar-refractivity contribution in [3.8, 4) is 0 Å². The van der Waals surface area contributed by atoms with Crippen molar-refractivity contribution >= 4 is 0 Å². The van der Waals surface area contributed by atoms with Crippen LogP contribution < -0.4 is 11.1 Å². The van der Waals surface area contributed by atoms with Crippen LogP contribution in [-0.2, 0) is 0 Å². The Morgan fingerprint density at radius 1 is 1.36 bits per heavy atom. The highest BCUT2D eigenvalue weighted by molar-refractivity contribution is 5.00. The van der Waals surface area contributed by atoms with Crippen molar-refractivity contribution in [1.82, 2.24) is 5.32 Å². The van der Waals surface area contributed by atoms with Gasteiger partial charge in [-0.05, 0) is 18.3 Å². The quantitative estimate of drug-likeness (QED) is 0.642. The first-order valence-corrected chi connectivity index (χ1v) is 4.41. The number of hydrogen-bond donors (Lipinski definition) is 2. The number of nitrogens with one attached hydrogen (secondary N) is 1. The predicted octanol–water partition coefficient (Wildman–Crippen LogP) is 1.11. The molecule has 0 heterocycles. The molecule has 1 rings (SSSR count). The molecule has 11 heavy (non-hydrogen) atoms. The van der Waals surface area contributed by atoms with Gasteiger partial charge in [0.1, 0.15) is 0 Å². The van der Waals surface area contributed by atoms with E-state index in [9.17, 15) is 0 Å². The van der Waals surface area contributed by atoms with E-state index in [1.54, 1.807) is 0 Å². The first-order chi connectivity index (χ1) is 4.91. The van der Waals surface area contributed by atoms with E-state index in [1.807, 2.05) is 0 Å². The Bertz CT molecular complexity index is 126. The van der Waals surface area contributed by atoms with Crippen molar-refractivity contribution in [2.45, 2.75) is 39.2 Å². The lowest BCUT2D eigenvalue weighted by molar-refractivity contribution is 0.371. The molecule has 0 aromatic rings. The topological polar surface area (TPSA) is 38.0 Å². The average molecular weight is 156 g/mol. The lowest BCUT2D eigenvalue weighted by Gasteiger charge is -2.20. The highest BCUT2D eigenvalue weighted by atomic mass is 15.0. The van der Waals surface area contributed by atoms with Crippen molar-refractivity contribution in [3.63, 3.8) is 0 Å². The van der Waals surface area contributed by atoms with E-state index in [0.29, 0.717) is 5.41 Å². The molecule has 0 aromatic heterocycles. The summed E-state index contributed by atoms with van der Waals surface area (Å²) in [6.07, 6.45) is 2.40. The number of hydrogen-bond acceptors (Lipinski definition) is 2. The maximum atomic E-state index is 5.91. The van der Waals surface area contributed by atoms with E-state index >= 15 is 0 Å². The van der Waals surface area contributed by atoms with Gasteiger partial charge in [0.25, 0.3) is 0 Å². The molecule has 2 nitrogen and oxygen atoms in total. The monoisotopic (exact) mass is 156 g/mol. The third-order valence-electron chi connectivity index (χ3n) is 2.02. The smallest absolute Gasteiger partial charge is 0.0282 e. The molecule has 0 bridgehead atoms. The summed E-state index contributed by atoms with van der Waals surface area (Å²) in [5.41, 5.74) is 6.45.